The van der Waals surface area contributed by atoms with Gasteiger partial charge in [0, 0.05) is 18.3 Å². The Morgan fingerprint density at radius 2 is 1.81 bits per heavy atom. The first-order valence-corrected chi connectivity index (χ1v) is 6.24. The van der Waals surface area contributed by atoms with Crippen LogP contribution >= 0.6 is 12.2 Å². The van der Waals surface area contributed by atoms with E-state index in [0.29, 0.717) is 0 Å². The summed E-state index contributed by atoms with van der Waals surface area (Å²) in [5.74, 6) is 0. The summed E-state index contributed by atoms with van der Waals surface area (Å²) in [4.78, 5) is 7.63. The summed E-state index contributed by atoms with van der Waals surface area (Å²) in [6.45, 7) is 2.25. The van der Waals surface area contributed by atoms with Crippen LogP contribution in [0.5, 0.6) is 0 Å². The van der Waals surface area contributed by atoms with Crippen molar-refractivity contribution in [3.05, 3.63) is 34.8 Å². The number of nitrogens with zero attached hydrogens (tertiary/aromatic N) is 2. The Kier molecular flexibility index (Phi) is 2.48. The van der Waals surface area contributed by atoms with Gasteiger partial charge in [0.25, 0.3) is 0 Å². The van der Waals surface area contributed by atoms with Crippen LogP contribution in [0.2, 0.25) is 0 Å². The summed E-state index contributed by atoms with van der Waals surface area (Å²) in [6.07, 6.45) is 3.89. The van der Waals surface area contributed by atoms with E-state index in [1.54, 1.807) is 0 Å². The number of rotatable bonds is 1. The number of likely N-dealkylation sites (tertiary alicyclic amines) is 1. The Hall–Kier alpha value is -1.22. The summed E-state index contributed by atoms with van der Waals surface area (Å²) in [7, 11) is 0. The number of hydrogen-bond donors (Lipinski definition) is 0. The zero-order valence-corrected chi connectivity index (χ0v) is 9.96. The van der Waals surface area contributed by atoms with Crippen molar-refractivity contribution >= 4 is 22.9 Å². The predicted octanol–water partition coefficient (Wildman–Crippen LogP) is 1.24. The minimum absolute atomic E-state index is 0.767. The second-order valence-corrected chi connectivity index (χ2v) is 4.72. The van der Waals surface area contributed by atoms with E-state index in [1.165, 1.54) is 30.2 Å². The maximum absolute atomic E-state index is 5.38. The zero-order chi connectivity index (χ0) is 11.0. The number of para-hydroxylation sites is 1. The molecule has 2 aliphatic heterocycles. The second kappa shape index (κ2) is 3.98. The highest BCUT2D eigenvalue weighted by atomic mass is 32.1. The summed E-state index contributed by atoms with van der Waals surface area (Å²) in [5, 5.41) is 2.25. The normalized spacial score (nSPS) is 19.6. The molecule has 2 heterocycles. The summed E-state index contributed by atoms with van der Waals surface area (Å²) in [6, 6.07) is 8.25. The highest BCUT2D eigenvalue weighted by molar-refractivity contribution is 7.81. The van der Waals surface area contributed by atoms with E-state index in [2.05, 4.69) is 22.0 Å². The Labute approximate surface area is 100 Å². The van der Waals surface area contributed by atoms with Crippen LogP contribution in [0.4, 0.5) is 0 Å². The maximum atomic E-state index is 5.38. The third-order valence-corrected chi connectivity index (χ3v) is 3.54. The first-order chi connectivity index (χ1) is 7.86. The SMILES string of the molecule is S=C1N=c2ccccc2=C1N1CCCCC1. The van der Waals surface area contributed by atoms with E-state index in [9.17, 15) is 0 Å². The monoisotopic (exact) mass is 230 g/mol. The standard InChI is InChI=1S/C13H14N2S/c16-13-12(15-8-4-1-5-9-15)10-6-2-3-7-11(10)14-13/h2-3,6-7H,1,4-5,8-9H2. The van der Waals surface area contributed by atoms with Gasteiger partial charge >= 0.3 is 0 Å². The lowest BCUT2D eigenvalue weighted by atomic mass is 10.1. The Morgan fingerprint density at radius 1 is 1.06 bits per heavy atom. The third kappa shape index (κ3) is 1.55. The van der Waals surface area contributed by atoms with Crippen LogP contribution in [0.15, 0.2) is 29.3 Å². The molecular formula is C13H14N2S. The molecule has 0 aromatic heterocycles. The average molecular weight is 230 g/mol. The molecule has 1 aromatic carbocycles. The number of thiocarbonyl (C=S) groups is 1. The van der Waals surface area contributed by atoms with Gasteiger partial charge in [-0.15, -0.1) is 0 Å². The molecule has 0 N–H and O–H groups in total. The molecule has 1 saturated heterocycles. The van der Waals surface area contributed by atoms with Gasteiger partial charge in [-0.05, 0) is 25.3 Å². The molecule has 0 aliphatic carbocycles. The molecule has 82 valence electrons. The molecule has 1 aromatic rings. The molecule has 0 amide bonds. The predicted molar refractivity (Wildman–Crippen MR) is 68.7 cm³/mol. The molecule has 2 nitrogen and oxygen atoms in total. The van der Waals surface area contributed by atoms with Crippen molar-refractivity contribution in [3.8, 4) is 0 Å². The number of benzene rings is 1. The number of fused-ring (bicyclic) bond motifs is 1. The molecule has 1 fully saturated rings. The molecule has 0 bridgehead atoms. The first kappa shape index (κ1) is 9.97. The van der Waals surface area contributed by atoms with Crippen molar-refractivity contribution in [1.29, 1.82) is 0 Å². The average Bonchev–Trinajstić information content (AvgIpc) is 2.66. The fourth-order valence-corrected chi connectivity index (χ4v) is 2.81. The van der Waals surface area contributed by atoms with Crippen LogP contribution in [0.25, 0.3) is 5.70 Å². The van der Waals surface area contributed by atoms with Gasteiger partial charge in [0.15, 0.2) is 4.99 Å². The Balaban J connectivity index is 2.13. The third-order valence-electron chi connectivity index (χ3n) is 3.26. The van der Waals surface area contributed by atoms with Crippen LogP contribution in [0, 0.1) is 0 Å². The van der Waals surface area contributed by atoms with Gasteiger partial charge in [-0.2, -0.15) is 0 Å². The minimum atomic E-state index is 0.767. The van der Waals surface area contributed by atoms with Crippen molar-refractivity contribution in [3.63, 3.8) is 0 Å². The highest BCUT2D eigenvalue weighted by Gasteiger charge is 2.20. The molecule has 3 heteroatoms. The highest BCUT2D eigenvalue weighted by Crippen LogP contribution is 2.17. The van der Waals surface area contributed by atoms with Crippen molar-refractivity contribution < 1.29 is 0 Å². The molecule has 0 unspecified atom stereocenters. The molecular weight excluding hydrogens is 216 g/mol. The lowest BCUT2D eigenvalue weighted by molar-refractivity contribution is 0.329. The number of hydrogen-bond acceptors (Lipinski definition) is 2. The molecule has 0 radical (unpaired) electrons. The van der Waals surface area contributed by atoms with Crippen LogP contribution in [-0.4, -0.2) is 23.0 Å². The van der Waals surface area contributed by atoms with Crippen LogP contribution in [0.1, 0.15) is 19.3 Å². The molecule has 2 aliphatic rings. The van der Waals surface area contributed by atoms with Crippen molar-refractivity contribution in [2.45, 2.75) is 19.3 Å². The summed E-state index contributed by atoms with van der Waals surface area (Å²) >= 11 is 5.38. The quantitative estimate of drug-likeness (QED) is 0.675. The Bertz CT molecular complexity index is 541. The lowest BCUT2D eigenvalue weighted by Gasteiger charge is -2.29. The van der Waals surface area contributed by atoms with E-state index in [0.717, 1.165) is 23.4 Å². The van der Waals surface area contributed by atoms with Crippen LogP contribution < -0.4 is 10.6 Å². The van der Waals surface area contributed by atoms with E-state index >= 15 is 0 Å². The molecule has 16 heavy (non-hydrogen) atoms. The van der Waals surface area contributed by atoms with Gasteiger partial charge in [0.2, 0.25) is 0 Å². The van der Waals surface area contributed by atoms with Gasteiger partial charge < -0.3 is 4.90 Å². The number of piperidine rings is 1. The largest absolute Gasteiger partial charge is 0.369 e. The van der Waals surface area contributed by atoms with Crippen molar-refractivity contribution in [1.82, 2.24) is 4.90 Å². The van der Waals surface area contributed by atoms with Crippen molar-refractivity contribution in [2.75, 3.05) is 13.1 Å². The van der Waals surface area contributed by atoms with E-state index in [1.807, 2.05) is 12.1 Å². The topological polar surface area (TPSA) is 15.6 Å². The fourth-order valence-electron chi connectivity index (χ4n) is 2.47. The smallest absolute Gasteiger partial charge is 0.150 e. The maximum Gasteiger partial charge on any atom is 0.150 e. The minimum Gasteiger partial charge on any atom is -0.369 e. The molecule has 0 spiro atoms. The van der Waals surface area contributed by atoms with Crippen LogP contribution in [0.3, 0.4) is 0 Å². The van der Waals surface area contributed by atoms with E-state index in [4.69, 9.17) is 12.2 Å². The lowest BCUT2D eigenvalue weighted by Crippen LogP contribution is -2.35. The van der Waals surface area contributed by atoms with Gasteiger partial charge in [0.1, 0.15) is 0 Å². The molecule has 0 saturated carbocycles. The van der Waals surface area contributed by atoms with E-state index < -0.39 is 0 Å². The van der Waals surface area contributed by atoms with Crippen LogP contribution in [-0.2, 0) is 0 Å². The van der Waals surface area contributed by atoms with Crippen molar-refractivity contribution in [2.24, 2.45) is 4.99 Å². The molecule has 3 rings (SSSR count). The van der Waals surface area contributed by atoms with Gasteiger partial charge in [-0.1, -0.05) is 30.4 Å². The van der Waals surface area contributed by atoms with Gasteiger partial charge in [-0.25, -0.2) is 4.99 Å². The molecule has 0 atom stereocenters. The van der Waals surface area contributed by atoms with Gasteiger partial charge in [-0.3, -0.25) is 0 Å². The van der Waals surface area contributed by atoms with E-state index in [-0.39, 0.29) is 0 Å². The summed E-state index contributed by atoms with van der Waals surface area (Å²) < 4.78 is 0. The first-order valence-electron chi connectivity index (χ1n) is 5.83. The Morgan fingerprint density at radius 3 is 2.62 bits per heavy atom. The van der Waals surface area contributed by atoms with Gasteiger partial charge in [0.05, 0.1) is 11.1 Å². The zero-order valence-electron chi connectivity index (χ0n) is 9.15. The fraction of sp³-hybridized carbons (Fsp3) is 0.385. The summed E-state index contributed by atoms with van der Waals surface area (Å²) in [5.41, 5.74) is 1.19. The second-order valence-electron chi connectivity index (χ2n) is 4.33.